The minimum Gasteiger partial charge on any atom is -0.480 e. The van der Waals surface area contributed by atoms with Crippen LogP contribution in [0.4, 0.5) is 5.13 Å². The molecule has 0 spiro atoms. The van der Waals surface area contributed by atoms with E-state index in [0.717, 1.165) is 5.69 Å². The number of carbonyl (C=O) groups is 1. The van der Waals surface area contributed by atoms with Gasteiger partial charge in [-0.3, -0.25) is 0 Å². The summed E-state index contributed by atoms with van der Waals surface area (Å²) in [6, 6.07) is -0.577. The van der Waals surface area contributed by atoms with Crippen LogP contribution in [0.1, 0.15) is 19.0 Å². The van der Waals surface area contributed by atoms with Crippen molar-refractivity contribution in [3.63, 3.8) is 0 Å². The normalized spacial score (nSPS) is 12.4. The molecule has 14 heavy (non-hydrogen) atoms. The highest BCUT2D eigenvalue weighted by Gasteiger charge is 2.15. The van der Waals surface area contributed by atoms with Gasteiger partial charge >= 0.3 is 5.97 Å². The number of carboxylic acid groups (broad SMARTS) is 1. The molecular weight excluding hydrogens is 202 g/mol. The Balaban J connectivity index is 2.62. The number of hydrogen-bond donors (Lipinski definition) is 3. The van der Waals surface area contributed by atoms with Crippen LogP contribution in [0.15, 0.2) is 5.38 Å². The number of rotatable bonds is 5. The lowest BCUT2D eigenvalue weighted by molar-refractivity contribution is -0.137. The van der Waals surface area contributed by atoms with Crippen LogP contribution in [0.5, 0.6) is 0 Å². The summed E-state index contributed by atoms with van der Waals surface area (Å²) in [5.41, 5.74) is 6.16. The summed E-state index contributed by atoms with van der Waals surface area (Å²) < 4.78 is 0. The number of nitrogens with one attached hydrogen (secondary N) is 1. The number of carboxylic acids is 1. The first-order valence-electron chi connectivity index (χ1n) is 4.31. The molecule has 1 aromatic rings. The van der Waals surface area contributed by atoms with E-state index in [-0.39, 0.29) is 0 Å². The van der Waals surface area contributed by atoms with E-state index in [1.54, 1.807) is 0 Å². The second kappa shape index (κ2) is 4.92. The van der Waals surface area contributed by atoms with Crippen LogP contribution in [0.25, 0.3) is 0 Å². The number of nitrogens with zero attached hydrogens (tertiary/aromatic N) is 1. The van der Waals surface area contributed by atoms with E-state index >= 15 is 0 Å². The highest BCUT2D eigenvalue weighted by atomic mass is 32.1. The summed E-state index contributed by atoms with van der Waals surface area (Å²) in [4.78, 5) is 14.8. The fourth-order valence-corrected chi connectivity index (χ4v) is 1.73. The zero-order chi connectivity index (χ0) is 10.6. The molecule has 0 aliphatic rings. The average molecular weight is 215 g/mol. The molecule has 0 radical (unpaired) electrons. The first kappa shape index (κ1) is 10.9. The molecule has 1 aromatic heterocycles. The molecule has 1 heterocycles. The number of anilines is 1. The monoisotopic (exact) mass is 215 g/mol. The molecule has 1 rings (SSSR count). The Bertz CT molecular complexity index is 313. The van der Waals surface area contributed by atoms with E-state index in [1.165, 1.54) is 11.3 Å². The van der Waals surface area contributed by atoms with Gasteiger partial charge in [-0.25, -0.2) is 9.78 Å². The van der Waals surface area contributed by atoms with E-state index < -0.39 is 12.0 Å². The third kappa shape index (κ3) is 2.68. The minimum atomic E-state index is -0.864. The Labute approximate surface area is 86.0 Å². The third-order valence-corrected chi connectivity index (χ3v) is 2.59. The van der Waals surface area contributed by atoms with Crippen LogP contribution in [-0.2, 0) is 11.3 Å². The molecule has 0 saturated heterocycles. The summed E-state index contributed by atoms with van der Waals surface area (Å²) in [6.07, 6.45) is 0.521. The van der Waals surface area contributed by atoms with Crippen molar-refractivity contribution < 1.29 is 9.90 Å². The SMILES string of the molecule is CCC(Nc1nc(CN)cs1)C(=O)O. The highest BCUT2D eigenvalue weighted by Crippen LogP contribution is 2.16. The molecule has 0 aromatic carbocycles. The molecule has 1 atom stereocenters. The van der Waals surface area contributed by atoms with Gasteiger partial charge in [-0.15, -0.1) is 11.3 Å². The van der Waals surface area contributed by atoms with Gasteiger partial charge < -0.3 is 16.2 Å². The first-order chi connectivity index (χ1) is 6.67. The maximum Gasteiger partial charge on any atom is 0.326 e. The summed E-state index contributed by atoms with van der Waals surface area (Å²) in [7, 11) is 0. The van der Waals surface area contributed by atoms with E-state index in [1.807, 2.05) is 12.3 Å². The summed E-state index contributed by atoms with van der Waals surface area (Å²) >= 11 is 1.37. The number of aliphatic carboxylic acids is 1. The van der Waals surface area contributed by atoms with Crippen molar-refractivity contribution in [2.75, 3.05) is 5.32 Å². The van der Waals surface area contributed by atoms with Crippen molar-refractivity contribution in [3.8, 4) is 0 Å². The summed E-state index contributed by atoms with van der Waals surface area (Å²) in [6.45, 7) is 2.19. The second-order valence-electron chi connectivity index (χ2n) is 2.79. The molecule has 0 aliphatic heterocycles. The van der Waals surface area contributed by atoms with Crippen molar-refractivity contribution in [1.29, 1.82) is 0 Å². The van der Waals surface area contributed by atoms with Crippen LogP contribution in [0.3, 0.4) is 0 Å². The number of hydrogen-bond acceptors (Lipinski definition) is 5. The number of thiazole rings is 1. The quantitative estimate of drug-likeness (QED) is 0.678. The van der Waals surface area contributed by atoms with E-state index in [4.69, 9.17) is 10.8 Å². The van der Waals surface area contributed by atoms with Crippen molar-refractivity contribution in [1.82, 2.24) is 4.98 Å². The molecular formula is C8H13N3O2S. The van der Waals surface area contributed by atoms with Gasteiger partial charge in [-0.2, -0.15) is 0 Å². The Hall–Kier alpha value is -1.14. The van der Waals surface area contributed by atoms with Gasteiger partial charge in [0, 0.05) is 11.9 Å². The standard InChI is InChI=1S/C8H13N3O2S/c1-2-6(7(12)13)11-8-10-5(3-9)4-14-8/h4,6H,2-3,9H2,1H3,(H,10,11)(H,12,13). The molecule has 0 amide bonds. The minimum absolute atomic E-state index is 0.377. The van der Waals surface area contributed by atoms with Crippen LogP contribution >= 0.6 is 11.3 Å². The van der Waals surface area contributed by atoms with Crippen LogP contribution < -0.4 is 11.1 Å². The molecule has 4 N–H and O–H groups in total. The molecule has 0 fully saturated rings. The Kier molecular flexibility index (Phi) is 3.84. The van der Waals surface area contributed by atoms with Gasteiger partial charge in [0.15, 0.2) is 5.13 Å². The predicted octanol–water partition coefficient (Wildman–Crippen LogP) is 0.877. The van der Waals surface area contributed by atoms with Crippen molar-refractivity contribution in [2.24, 2.45) is 5.73 Å². The van der Waals surface area contributed by atoms with Gasteiger partial charge in [0.25, 0.3) is 0 Å². The molecule has 1 unspecified atom stereocenters. The lowest BCUT2D eigenvalue weighted by Gasteiger charge is -2.09. The third-order valence-electron chi connectivity index (χ3n) is 1.76. The van der Waals surface area contributed by atoms with E-state index in [9.17, 15) is 4.79 Å². The van der Waals surface area contributed by atoms with Crippen LogP contribution in [0, 0.1) is 0 Å². The van der Waals surface area contributed by atoms with Crippen LogP contribution in [-0.4, -0.2) is 22.1 Å². The molecule has 0 aliphatic carbocycles. The largest absolute Gasteiger partial charge is 0.480 e. The maximum absolute atomic E-state index is 10.7. The lowest BCUT2D eigenvalue weighted by atomic mass is 10.2. The number of aromatic nitrogens is 1. The van der Waals surface area contributed by atoms with Gasteiger partial charge in [-0.1, -0.05) is 6.92 Å². The molecule has 6 heteroatoms. The molecule has 0 saturated carbocycles. The van der Waals surface area contributed by atoms with Crippen molar-refractivity contribution in [2.45, 2.75) is 25.9 Å². The van der Waals surface area contributed by atoms with Crippen molar-refractivity contribution >= 4 is 22.4 Å². The maximum atomic E-state index is 10.7. The summed E-state index contributed by atoms with van der Waals surface area (Å²) in [5, 5.41) is 14.1. The number of nitrogens with two attached hydrogens (primary N) is 1. The highest BCUT2D eigenvalue weighted by molar-refractivity contribution is 7.13. The lowest BCUT2D eigenvalue weighted by Crippen LogP contribution is -2.28. The van der Waals surface area contributed by atoms with E-state index in [2.05, 4.69) is 10.3 Å². The first-order valence-corrected chi connectivity index (χ1v) is 5.19. The van der Waals surface area contributed by atoms with Gasteiger partial charge in [-0.05, 0) is 6.42 Å². The van der Waals surface area contributed by atoms with Crippen LogP contribution in [0.2, 0.25) is 0 Å². The van der Waals surface area contributed by atoms with E-state index in [0.29, 0.717) is 18.1 Å². The van der Waals surface area contributed by atoms with Crippen molar-refractivity contribution in [3.05, 3.63) is 11.1 Å². The Morgan fingerprint density at radius 2 is 2.57 bits per heavy atom. The molecule has 5 nitrogen and oxygen atoms in total. The van der Waals surface area contributed by atoms with Gasteiger partial charge in [0.1, 0.15) is 6.04 Å². The van der Waals surface area contributed by atoms with Gasteiger partial charge in [0.2, 0.25) is 0 Å². The fourth-order valence-electron chi connectivity index (χ4n) is 0.954. The molecule has 78 valence electrons. The fraction of sp³-hybridized carbons (Fsp3) is 0.500. The Morgan fingerprint density at radius 3 is 3.00 bits per heavy atom. The smallest absolute Gasteiger partial charge is 0.326 e. The zero-order valence-corrected chi connectivity index (χ0v) is 8.67. The zero-order valence-electron chi connectivity index (χ0n) is 7.86. The topological polar surface area (TPSA) is 88.2 Å². The second-order valence-corrected chi connectivity index (χ2v) is 3.65. The Morgan fingerprint density at radius 1 is 1.86 bits per heavy atom. The average Bonchev–Trinajstić information content (AvgIpc) is 2.61. The summed E-state index contributed by atoms with van der Waals surface area (Å²) in [5.74, 6) is -0.864. The van der Waals surface area contributed by atoms with Gasteiger partial charge in [0.05, 0.1) is 5.69 Å². The molecule has 0 bridgehead atoms. The predicted molar refractivity (Wildman–Crippen MR) is 55.3 cm³/mol.